The number of ketones is 1. The van der Waals surface area contributed by atoms with Crippen LogP contribution in [0.5, 0.6) is 0 Å². The molecule has 0 aliphatic carbocycles. The molecule has 0 N–H and O–H groups in total. The van der Waals surface area contributed by atoms with Crippen LogP contribution in [0.25, 0.3) is 0 Å². The Morgan fingerprint density at radius 3 is 2.12 bits per heavy atom. The molecule has 3 aromatic rings. The molecule has 0 saturated heterocycles. The molecule has 1 aliphatic rings. The molecule has 0 aromatic heterocycles. The molecule has 3 heteroatoms. The summed E-state index contributed by atoms with van der Waals surface area (Å²) in [6.45, 7) is 0. The number of benzene rings is 3. The number of rotatable bonds is 4. The van der Waals surface area contributed by atoms with Gasteiger partial charge in [-0.1, -0.05) is 66.7 Å². The van der Waals surface area contributed by atoms with E-state index in [4.69, 9.17) is 0 Å². The summed E-state index contributed by atoms with van der Waals surface area (Å²) in [5.41, 5.74) is 3.08. The van der Waals surface area contributed by atoms with Crippen molar-refractivity contribution in [3.63, 3.8) is 0 Å². The fraction of sp³-hybridized carbons (Fsp3) is 0.0909. The van der Waals surface area contributed by atoms with Gasteiger partial charge in [0.2, 0.25) is 0 Å². The van der Waals surface area contributed by atoms with Crippen molar-refractivity contribution in [2.45, 2.75) is 12.5 Å². The van der Waals surface area contributed by atoms with Gasteiger partial charge in [0, 0.05) is 23.2 Å². The normalized spacial score (nSPS) is 15.9. The van der Waals surface area contributed by atoms with Crippen LogP contribution in [0, 0.1) is 0 Å². The van der Waals surface area contributed by atoms with E-state index in [0.717, 1.165) is 11.3 Å². The number of hydrogen-bond acceptors (Lipinski definition) is 2. The fourth-order valence-corrected chi connectivity index (χ4v) is 3.40. The molecule has 3 aromatic carbocycles. The van der Waals surface area contributed by atoms with Gasteiger partial charge in [-0.05, 0) is 23.8 Å². The first-order chi connectivity index (χ1) is 12.3. The lowest BCUT2D eigenvalue weighted by Gasteiger charge is -2.25. The Hall–Kier alpha value is -3.20. The predicted octanol–water partition coefficient (Wildman–Crippen LogP) is 4.66. The van der Waals surface area contributed by atoms with Gasteiger partial charge in [-0.2, -0.15) is 0 Å². The van der Waals surface area contributed by atoms with Crippen LogP contribution < -0.4 is 4.90 Å². The van der Waals surface area contributed by atoms with Gasteiger partial charge >= 0.3 is 0 Å². The Morgan fingerprint density at radius 2 is 1.40 bits per heavy atom. The van der Waals surface area contributed by atoms with E-state index in [9.17, 15) is 9.59 Å². The second-order valence-corrected chi connectivity index (χ2v) is 6.11. The first-order valence-electron chi connectivity index (χ1n) is 8.31. The highest BCUT2D eigenvalue weighted by Crippen LogP contribution is 2.39. The van der Waals surface area contributed by atoms with Crippen molar-refractivity contribution in [3.8, 4) is 0 Å². The van der Waals surface area contributed by atoms with Crippen LogP contribution >= 0.6 is 0 Å². The molecule has 1 amide bonds. The van der Waals surface area contributed by atoms with Crippen LogP contribution in [0.4, 0.5) is 5.69 Å². The number of carbonyl (C=O) groups is 2. The van der Waals surface area contributed by atoms with Gasteiger partial charge in [-0.15, -0.1) is 0 Å². The van der Waals surface area contributed by atoms with Gasteiger partial charge in [-0.25, -0.2) is 0 Å². The minimum Gasteiger partial charge on any atom is -0.300 e. The minimum atomic E-state index is -0.279. The molecule has 25 heavy (non-hydrogen) atoms. The third kappa shape index (κ3) is 2.74. The summed E-state index contributed by atoms with van der Waals surface area (Å²) in [6, 6.07) is 26.1. The van der Waals surface area contributed by atoms with Crippen LogP contribution in [0.1, 0.15) is 38.7 Å². The number of carbonyl (C=O) groups excluding carboxylic acids is 2. The lowest BCUT2D eigenvalue weighted by Crippen LogP contribution is -2.29. The average molecular weight is 327 g/mol. The van der Waals surface area contributed by atoms with Gasteiger partial charge in [-0.3, -0.25) is 9.59 Å². The summed E-state index contributed by atoms with van der Waals surface area (Å²) >= 11 is 0. The maximum atomic E-state index is 12.9. The number of anilines is 1. The van der Waals surface area contributed by atoms with Crippen molar-refractivity contribution >= 4 is 17.4 Å². The monoisotopic (exact) mass is 327 g/mol. The third-order valence-electron chi connectivity index (χ3n) is 4.59. The molecule has 0 spiro atoms. The maximum absolute atomic E-state index is 12.9. The summed E-state index contributed by atoms with van der Waals surface area (Å²) < 4.78 is 0. The van der Waals surface area contributed by atoms with Crippen molar-refractivity contribution in [1.82, 2.24) is 0 Å². The second kappa shape index (κ2) is 6.36. The van der Waals surface area contributed by atoms with E-state index < -0.39 is 0 Å². The molecule has 4 rings (SSSR count). The SMILES string of the molecule is O=C(CC1c2ccccc2C(=O)N1c1ccccc1)c1ccccc1. The van der Waals surface area contributed by atoms with Gasteiger partial charge in [0.25, 0.3) is 5.91 Å². The molecule has 1 unspecified atom stereocenters. The van der Waals surface area contributed by atoms with Crippen molar-refractivity contribution < 1.29 is 9.59 Å². The number of amides is 1. The highest BCUT2D eigenvalue weighted by Gasteiger charge is 2.38. The van der Waals surface area contributed by atoms with E-state index in [0.29, 0.717) is 11.1 Å². The maximum Gasteiger partial charge on any atom is 0.259 e. The molecule has 1 atom stereocenters. The van der Waals surface area contributed by atoms with Crippen molar-refractivity contribution in [1.29, 1.82) is 0 Å². The Morgan fingerprint density at radius 1 is 0.800 bits per heavy atom. The summed E-state index contributed by atoms with van der Waals surface area (Å²) in [4.78, 5) is 27.4. The zero-order valence-corrected chi connectivity index (χ0v) is 13.6. The van der Waals surface area contributed by atoms with Gasteiger partial charge in [0.1, 0.15) is 0 Å². The number of fused-ring (bicyclic) bond motifs is 1. The molecule has 0 saturated carbocycles. The van der Waals surface area contributed by atoms with Crippen LogP contribution in [-0.4, -0.2) is 11.7 Å². The highest BCUT2D eigenvalue weighted by atomic mass is 16.2. The summed E-state index contributed by atoms with van der Waals surface area (Å²) in [6.07, 6.45) is 0.266. The summed E-state index contributed by atoms with van der Waals surface area (Å²) in [5, 5.41) is 0. The topological polar surface area (TPSA) is 37.4 Å². The molecule has 0 bridgehead atoms. The smallest absolute Gasteiger partial charge is 0.259 e. The Kier molecular flexibility index (Phi) is 3.90. The number of nitrogens with zero attached hydrogens (tertiary/aromatic N) is 1. The van der Waals surface area contributed by atoms with Gasteiger partial charge in [0.05, 0.1) is 6.04 Å². The van der Waals surface area contributed by atoms with Crippen LogP contribution in [0.2, 0.25) is 0 Å². The second-order valence-electron chi connectivity index (χ2n) is 6.11. The van der Waals surface area contributed by atoms with Crippen molar-refractivity contribution in [3.05, 3.63) is 102 Å². The van der Waals surface area contributed by atoms with E-state index in [1.807, 2.05) is 84.9 Å². The van der Waals surface area contributed by atoms with Crippen LogP contribution in [0.3, 0.4) is 0 Å². The first-order valence-corrected chi connectivity index (χ1v) is 8.31. The minimum absolute atomic E-state index is 0.0380. The summed E-state index contributed by atoms with van der Waals surface area (Å²) in [7, 11) is 0. The predicted molar refractivity (Wildman–Crippen MR) is 97.8 cm³/mol. The van der Waals surface area contributed by atoms with Crippen molar-refractivity contribution in [2.24, 2.45) is 0 Å². The van der Waals surface area contributed by atoms with Gasteiger partial charge < -0.3 is 4.90 Å². The molecule has 1 heterocycles. The number of para-hydroxylation sites is 1. The van der Waals surface area contributed by atoms with E-state index in [2.05, 4.69) is 0 Å². The average Bonchev–Trinajstić information content (AvgIpc) is 2.95. The number of Topliss-reactive ketones (excluding diaryl/α,β-unsaturated/α-hetero) is 1. The Bertz CT molecular complexity index is 919. The third-order valence-corrected chi connectivity index (χ3v) is 4.59. The molecule has 0 fully saturated rings. The fourth-order valence-electron chi connectivity index (χ4n) is 3.40. The highest BCUT2D eigenvalue weighted by molar-refractivity contribution is 6.12. The summed E-state index contributed by atoms with van der Waals surface area (Å²) in [5.74, 6) is -0.0105. The molecule has 122 valence electrons. The van der Waals surface area contributed by atoms with E-state index in [-0.39, 0.29) is 24.2 Å². The Labute approximate surface area is 146 Å². The van der Waals surface area contributed by atoms with Gasteiger partial charge in [0.15, 0.2) is 5.78 Å². The molecule has 3 nitrogen and oxygen atoms in total. The quantitative estimate of drug-likeness (QED) is 0.654. The molecule has 0 radical (unpaired) electrons. The molecular formula is C22H17NO2. The van der Waals surface area contributed by atoms with Crippen LogP contribution in [-0.2, 0) is 0 Å². The lowest BCUT2D eigenvalue weighted by molar-refractivity contribution is 0.0960. The van der Waals surface area contributed by atoms with Crippen molar-refractivity contribution in [2.75, 3.05) is 4.90 Å². The zero-order valence-electron chi connectivity index (χ0n) is 13.6. The number of hydrogen-bond donors (Lipinski definition) is 0. The first kappa shape index (κ1) is 15.3. The standard InChI is InChI=1S/C22H17NO2/c24-21(16-9-3-1-4-10-16)15-20-18-13-7-8-14-19(18)22(25)23(20)17-11-5-2-6-12-17/h1-14,20H,15H2. The zero-order chi connectivity index (χ0) is 17.2. The van der Waals surface area contributed by atoms with Crippen LogP contribution in [0.15, 0.2) is 84.9 Å². The van der Waals surface area contributed by atoms with E-state index in [1.54, 1.807) is 4.90 Å². The van der Waals surface area contributed by atoms with E-state index in [1.165, 1.54) is 0 Å². The van der Waals surface area contributed by atoms with E-state index >= 15 is 0 Å². The molecular weight excluding hydrogens is 310 g/mol. The lowest BCUT2D eigenvalue weighted by atomic mass is 9.97. The molecule has 1 aliphatic heterocycles. The largest absolute Gasteiger partial charge is 0.300 e. The Balaban J connectivity index is 1.74.